The number of rotatable bonds is 9. The van der Waals surface area contributed by atoms with E-state index in [1.165, 1.54) is 11.3 Å². The molecular weight excluding hydrogens is 342 g/mol. The summed E-state index contributed by atoms with van der Waals surface area (Å²) in [5.74, 6) is 1.23. The summed E-state index contributed by atoms with van der Waals surface area (Å²) in [7, 11) is 4.73. The molecule has 8 heteroatoms. The topological polar surface area (TPSA) is 86.9 Å². The number of carbonyl (C=O) groups is 1. The molecule has 0 radical (unpaired) electrons. The second-order valence-electron chi connectivity index (χ2n) is 5.27. The molecule has 7 nitrogen and oxygen atoms in total. The molecule has 1 aromatic heterocycles. The van der Waals surface area contributed by atoms with E-state index in [1.54, 1.807) is 38.5 Å². The summed E-state index contributed by atoms with van der Waals surface area (Å²) >= 11 is 1.40. The molecule has 2 rings (SSSR count). The van der Waals surface area contributed by atoms with Crippen molar-refractivity contribution in [2.24, 2.45) is 5.73 Å². The van der Waals surface area contributed by atoms with Gasteiger partial charge in [0.2, 0.25) is 5.91 Å². The third kappa shape index (κ3) is 4.91. The highest BCUT2D eigenvalue weighted by molar-refractivity contribution is 7.13. The summed E-state index contributed by atoms with van der Waals surface area (Å²) in [6.45, 7) is 0.611. The average Bonchev–Trinajstić information content (AvgIpc) is 3.18. The van der Waals surface area contributed by atoms with Crippen LogP contribution in [0.25, 0.3) is 0 Å². The van der Waals surface area contributed by atoms with Crippen LogP contribution >= 0.6 is 11.3 Å². The van der Waals surface area contributed by atoms with Crippen LogP contribution in [0.1, 0.15) is 12.0 Å². The van der Waals surface area contributed by atoms with Crippen LogP contribution in [0.15, 0.2) is 29.8 Å². The Labute approximate surface area is 151 Å². The molecule has 0 aliphatic carbocycles. The zero-order chi connectivity index (χ0) is 18.2. The summed E-state index contributed by atoms with van der Waals surface area (Å²) in [4.78, 5) is 18.7. The number of carbonyl (C=O) groups excluding carboxylic acids is 1. The largest absolute Gasteiger partial charge is 0.497 e. The molecular formula is C17H23N3O4S. The number of nitrogens with two attached hydrogens (primary N) is 1. The van der Waals surface area contributed by atoms with Crippen molar-refractivity contribution in [3.8, 4) is 11.5 Å². The lowest BCUT2D eigenvalue weighted by Gasteiger charge is -2.23. The third-order valence-electron chi connectivity index (χ3n) is 3.77. The van der Waals surface area contributed by atoms with Gasteiger partial charge in [-0.1, -0.05) is 0 Å². The Kier molecular flexibility index (Phi) is 7.17. The van der Waals surface area contributed by atoms with Crippen LogP contribution in [0.4, 0.5) is 5.13 Å². The average molecular weight is 365 g/mol. The Hall–Kier alpha value is -2.16. The van der Waals surface area contributed by atoms with Gasteiger partial charge in [0.15, 0.2) is 5.13 Å². The summed E-state index contributed by atoms with van der Waals surface area (Å²) in [5, 5.41) is 2.45. The standard InChI is InChI=1S/C17H23N3O4S/c1-22-13-5-4-12(15(8-13)24-3)11-20(17-19-6-7-25-17)16(21)9-14(10-18)23-2/h4-8,14H,9-11,18H2,1-3H3. The number of hydrogen-bond donors (Lipinski definition) is 1. The van der Waals surface area contributed by atoms with Crippen LogP contribution < -0.4 is 20.1 Å². The van der Waals surface area contributed by atoms with Crippen molar-refractivity contribution in [3.05, 3.63) is 35.3 Å². The minimum atomic E-state index is -0.326. The Morgan fingerprint density at radius 1 is 1.32 bits per heavy atom. The lowest BCUT2D eigenvalue weighted by atomic mass is 10.1. The van der Waals surface area contributed by atoms with Gasteiger partial charge in [0.05, 0.1) is 33.3 Å². The fourth-order valence-corrected chi connectivity index (χ4v) is 2.99. The van der Waals surface area contributed by atoms with E-state index >= 15 is 0 Å². The highest BCUT2D eigenvalue weighted by atomic mass is 32.1. The van der Waals surface area contributed by atoms with E-state index in [0.717, 1.165) is 5.56 Å². The quantitative estimate of drug-likeness (QED) is 0.732. The van der Waals surface area contributed by atoms with Crippen LogP contribution in [0.3, 0.4) is 0 Å². The van der Waals surface area contributed by atoms with Crippen molar-refractivity contribution in [2.75, 3.05) is 32.8 Å². The van der Waals surface area contributed by atoms with E-state index in [-0.39, 0.29) is 25.0 Å². The van der Waals surface area contributed by atoms with Crippen molar-refractivity contribution in [1.29, 1.82) is 0 Å². The molecule has 0 spiro atoms. The number of aromatic nitrogens is 1. The molecule has 0 saturated carbocycles. The molecule has 1 atom stereocenters. The molecule has 0 aliphatic rings. The maximum Gasteiger partial charge on any atom is 0.231 e. The first-order valence-corrected chi connectivity index (χ1v) is 8.64. The minimum Gasteiger partial charge on any atom is -0.497 e. The van der Waals surface area contributed by atoms with Crippen molar-refractivity contribution >= 4 is 22.4 Å². The fourth-order valence-electron chi connectivity index (χ4n) is 2.33. The van der Waals surface area contributed by atoms with Crippen LogP contribution in [0.5, 0.6) is 11.5 Å². The Morgan fingerprint density at radius 2 is 2.12 bits per heavy atom. The Bertz CT molecular complexity index is 675. The number of thiazole rings is 1. The first-order valence-electron chi connectivity index (χ1n) is 7.76. The fraction of sp³-hybridized carbons (Fsp3) is 0.412. The molecule has 1 aromatic carbocycles. The Morgan fingerprint density at radius 3 is 2.68 bits per heavy atom. The lowest BCUT2D eigenvalue weighted by Crippen LogP contribution is -2.35. The first-order chi connectivity index (χ1) is 12.1. The summed E-state index contributed by atoms with van der Waals surface area (Å²) < 4.78 is 15.9. The smallest absolute Gasteiger partial charge is 0.231 e. The van der Waals surface area contributed by atoms with Gasteiger partial charge in [0, 0.05) is 36.9 Å². The summed E-state index contributed by atoms with van der Waals surface area (Å²) in [5.41, 5.74) is 6.49. The molecule has 1 amide bonds. The number of amides is 1. The van der Waals surface area contributed by atoms with Crippen LogP contribution in [0.2, 0.25) is 0 Å². The molecule has 25 heavy (non-hydrogen) atoms. The van der Waals surface area contributed by atoms with Gasteiger partial charge in [-0.25, -0.2) is 4.98 Å². The van der Waals surface area contributed by atoms with E-state index in [1.807, 2.05) is 17.5 Å². The van der Waals surface area contributed by atoms with Gasteiger partial charge in [0.25, 0.3) is 0 Å². The summed E-state index contributed by atoms with van der Waals surface area (Å²) in [6.07, 6.45) is 1.53. The van der Waals surface area contributed by atoms with Gasteiger partial charge in [-0.15, -0.1) is 11.3 Å². The predicted molar refractivity (Wildman–Crippen MR) is 97.3 cm³/mol. The van der Waals surface area contributed by atoms with Crippen molar-refractivity contribution in [3.63, 3.8) is 0 Å². The van der Waals surface area contributed by atoms with Gasteiger partial charge < -0.3 is 19.9 Å². The highest BCUT2D eigenvalue weighted by Gasteiger charge is 2.23. The highest BCUT2D eigenvalue weighted by Crippen LogP contribution is 2.28. The first kappa shape index (κ1) is 19.2. The lowest BCUT2D eigenvalue weighted by molar-refractivity contribution is -0.121. The number of nitrogens with zero attached hydrogens (tertiary/aromatic N) is 2. The van der Waals surface area contributed by atoms with Crippen LogP contribution in [-0.4, -0.2) is 44.9 Å². The van der Waals surface area contributed by atoms with Gasteiger partial charge in [0.1, 0.15) is 11.5 Å². The molecule has 0 aliphatic heterocycles. The zero-order valence-corrected chi connectivity index (χ0v) is 15.4. The number of ether oxygens (including phenoxy) is 3. The SMILES string of the molecule is COc1ccc(CN(C(=O)CC(CN)OC)c2nccs2)c(OC)c1. The van der Waals surface area contributed by atoms with E-state index < -0.39 is 0 Å². The maximum absolute atomic E-state index is 12.8. The zero-order valence-electron chi connectivity index (χ0n) is 14.6. The van der Waals surface area contributed by atoms with Crippen LogP contribution in [0, 0.1) is 0 Å². The second kappa shape index (κ2) is 9.36. The number of hydrogen-bond acceptors (Lipinski definition) is 7. The second-order valence-corrected chi connectivity index (χ2v) is 6.14. The minimum absolute atomic E-state index is 0.106. The van der Waals surface area contributed by atoms with Crippen molar-refractivity contribution < 1.29 is 19.0 Å². The Balaban J connectivity index is 2.27. The van der Waals surface area contributed by atoms with Gasteiger partial charge in [-0.3, -0.25) is 9.69 Å². The molecule has 1 unspecified atom stereocenters. The molecule has 2 aromatic rings. The van der Waals surface area contributed by atoms with E-state index in [4.69, 9.17) is 19.9 Å². The van der Waals surface area contributed by atoms with Crippen molar-refractivity contribution in [1.82, 2.24) is 4.98 Å². The summed E-state index contributed by atoms with van der Waals surface area (Å²) in [6, 6.07) is 5.50. The van der Waals surface area contributed by atoms with Crippen LogP contribution in [-0.2, 0) is 16.1 Å². The predicted octanol–water partition coefficient (Wildman–Crippen LogP) is 2.06. The molecule has 0 fully saturated rings. The monoisotopic (exact) mass is 365 g/mol. The van der Waals surface area contributed by atoms with Gasteiger partial charge in [-0.05, 0) is 12.1 Å². The van der Waals surface area contributed by atoms with E-state index in [9.17, 15) is 4.79 Å². The number of anilines is 1. The number of methoxy groups -OCH3 is 3. The third-order valence-corrected chi connectivity index (χ3v) is 4.57. The van der Waals surface area contributed by atoms with E-state index in [2.05, 4.69) is 4.98 Å². The maximum atomic E-state index is 12.8. The molecule has 0 saturated heterocycles. The molecule has 1 heterocycles. The normalized spacial score (nSPS) is 11.8. The van der Waals surface area contributed by atoms with Crippen molar-refractivity contribution in [2.45, 2.75) is 19.1 Å². The molecule has 2 N–H and O–H groups in total. The van der Waals surface area contributed by atoms with Gasteiger partial charge in [-0.2, -0.15) is 0 Å². The van der Waals surface area contributed by atoms with Gasteiger partial charge >= 0.3 is 0 Å². The molecule has 136 valence electrons. The number of benzene rings is 1. The molecule has 0 bridgehead atoms. The van der Waals surface area contributed by atoms with E-state index in [0.29, 0.717) is 23.2 Å².